The van der Waals surface area contributed by atoms with Gasteiger partial charge in [0.25, 0.3) is 0 Å². The number of ether oxygens (including phenoxy) is 1. The summed E-state index contributed by atoms with van der Waals surface area (Å²) in [5, 5.41) is 9.75. The first-order valence-corrected chi connectivity index (χ1v) is 4.69. The predicted molar refractivity (Wildman–Crippen MR) is 54.1 cm³/mol. The number of phenols is 1. The molecule has 3 nitrogen and oxygen atoms in total. The molecule has 0 spiro atoms. The number of carbonyl (C=O) groups is 1. The molecule has 1 aromatic carbocycles. The van der Waals surface area contributed by atoms with Crippen molar-refractivity contribution in [1.82, 2.24) is 0 Å². The molecule has 0 unspecified atom stereocenters. The lowest BCUT2D eigenvalue weighted by atomic mass is 10.3. The fourth-order valence-corrected chi connectivity index (χ4v) is 1.29. The number of phenolic OH excluding ortho intramolecular Hbond substituents is 1. The minimum Gasteiger partial charge on any atom is -0.503 e. The number of carbonyl (C=O) groups excluding carboxylic acids is 1. The number of rotatable bonds is 2. The van der Waals surface area contributed by atoms with Gasteiger partial charge >= 0.3 is 5.97 Å². The van der Waals surface area contributed by atoms with Crippen LogP contribution < -0.4 is 4.74 Å². The van der Waals surface area contributed by atoms with Gasteiger partial charge in [-0.3, -0.25) is 4.79 Å². The number of aromatic hydroxyl groups is 1. The van der Waals surface area contributed by atoms with Crippen LogP contribution >= 0.6 is 23.2 Å². The van der Waals surface area contributed by atoms with Gasteiger partial charge in [-0.2, -0.15) is 0 Å². The Morgan fingerprint density at radius 1 is 1.50 bits per heavy atom. The molecule has 1 rings (SSSR count). The summed E-state index contributed by atoms with van der Waals surface area (Å²) >= 11 is 11.3. The van der Waals surface area contributed by atoms with E-state index in [2.05, 4.69) is 0 Å². The standard InChI is InChI=1S/C9H8Cl2O3/c1-2-8(12)14-7-4-5(10)3-6(11)9(7)13/h3-4,13H,2H2,1H3. The van der Waals surface area contributed by atoms with E-state index in [1.807, 2.05) is 0 Å². The van der Waals surface area contributed by atoms with Gasteiger partial charge in [-0.15, -0.1) is 0 Å². The first-order valence-electron chi connectivity index (χ1n) is 3.93. The van der Waals surface area contributed by atoms with Crippen molar-refractivity contribution in [3.05, 3.63) is 22.2 Å². The van der Waals surface area contributed by atoms with E-state index < -0.39 is 5.97 Å². The highest BCUT2D eigenvalue weighted by molar-refractivity contribution is 6.35. The molecule has 76 valence electrons. The average Bonchev–Trinajstić information content (AvgIpc) is 2.13. The van der Waals surface area contributed by atoms with E-state index in [1.165, 1.54) is 12.1 Å². The second-order valence-corrected chi connectivity index (χ2v) is 3.41. The summed E-state index contributed by atoms with van der Waals surface area (Å²) < 4.78 is 4.80. The molecule has 1 N–H and O–H groups in total. The van der Waals surface area contributed by atoms with Crippen LogP contribution in [0.3, 0.4) is 0 Å². The van der Waals surface area contributed by atoms with Gasteiger partial charge in [0, 0.05) is 17.5 Å². The van der Waals surface area contributed by atoms with Crippen LogP contribution in [-0.4, -0.2) is 11.1 Å². The summed E-state index contributed by atoms with van der Waals surface area (Å²) in [6, 6.07) is 2.69. The number of hydrogen-bond donors (Lipinski definition) is 1. The fraction of sp³-hybridized carbons (Fsp3) is 0.222. The van der Waals surface area contributed by atoms with Crippen LogP contribution in [0.4, 0.5) is 0 Å². The van der Waals surface area contributed by atoms with Gasteiger partial charge in [-0.05, 0) is 6.07 Å². The van der Waals surface area contributed by atoms with E-state index in [4.69, 9.17) is 27.9 Å². The molecular formula is C9H8Cl2O3. The van der Waals surface area contributed by atoms with Gasteiger partial charge < -0.3 is 9.84 Å². The molecule has 1 aromatic rings. The Morgan fingerprint density at radius 2 is 2.14 bits per heavy atom. The van der Waals surface area contributed by atoms with Crippen molar-refractivity contribution in [3.8, 4) is 11.5 Å². The molecule has 5 heteroatoms. The van der Waals surface area contributed by atoms with Crippen LogP contribution in [0, 0.1) is 0 Å². The maximum Gasteiger partial charge on any atom is 0.311 e. The fourth-order valence-electron chi connectivity index (χ4n) is 0.815. The SMILES string of the molecule is CCC(=O)Oc1cc(Cl)cc(Cl)c1O. The monoisotopic (exact) mass is 234 g/mol. The van der Waals surface area contributed by atoms with Crippen molar-refractivity contribution >= 4 is 29.2 Å². The Balaban J connectivity index is 3.02. The molecule has 0 atom stereocenters. The van der Waals surface area contributed by atoms with Crippen LogP contribution in [0.25, 0.3) is 0 Å². The second-order valence-electron chi connectivity index (χ2n) is 2.56. The predicted octanol–water partition coefficient (Wildman–Crippen LogP) is 3.01. The number of benzene rings is 1. The summed E-state index contributed by atoms with van der Waals surface area (Å²) in [4.78, 5) is 10.9. The van der Waals surface area contributed by atoms with E-state index in [0.717, 1.165) is 0 Å². The van der Waals surface area contributed by atoms with Crippen LogP contribution in [0.5, 0.6) is 11.5 Å². The van der Waals surface area contributed by atoms with Crippen LogP contribution in [-0.2, 0) is 4.79 Å². The minimum absolute atomic E-state index is 0.0191. The quantitative estimate of drug-likeness (QED) is 0.633. The van der Waals surface area contributed by atoms with Crippen LogP contribution in [0.15, 0.2) is 12.1 Å². The maximum absolute atomic E-state index is 10.9. The molecule has 14 heavy (non-hydrogen) atoms. The molecule has 0 saturated carbocycles. The van der Waals surface area contributed by atoms with Crippen LogP contribution in [0.2, 0.25) is 10.0 Å². The largest absolute Gasteiger partial charge is 0.503 e. The number of halogens is 2. The Hall–Kier alpha value is -0.930. The normalized spacial score (nSPS) is 9.93. The van der Waals surface area contributed by atoms with Crippen molar-refractivity contribution in [3.63, 3.8) is 0 Å². The Morgan fingerprint density at radius 3 is 2.71 bits per heavy atom. The van der Waals surface area contributed by atoms with Crippen molar-refractivity contribution < 1.29 is 14.6 Å². The van der Waals surface area contributed by atoms with Gasteiger partial charge in [-0.1, -0.05) is 30.1 Å². The van der Waals surface area contributed by atoms with Crippen molar-refractivity contribution in [2.24, 2.45) is 0 Å². The van der Waals surface area contributed by atoms with Gasteiger partial charge in [0.05, 0.1) is 5.02 Å². The second kappa shape index (κ2) is 4.53. The summed E-state index contributed by atoms with van der Waals surface area (Å²) in [6.07, 6.45) is 0.212. The zero-order valence-electron chi connectivity index (χ0n) is 7.38. The zero-order chi connectivity index (χ0) is 10.7. The molecule has 0 bridgehead atoms. The van der Waals surface area contributed by atoms with Crippen molar-refractivity contribution in [2.45, 2.75) is 13.3 Å². The summed E-state index contributed by atoms with van der Waals surface area (Å²) in [5.41, 5.74) is 0. The molecule has 0 aliphatic heterocycles. The number of hydrogen-bond acceptors (Lipinski definition) is 3. The molecule has 0 aliphatic carbocycles. The third kappa shape index (κ3) is 2.53. The summed E-state index contributed by atoms with van der Waals surface area (Å²) in [5.74, 6) is -0.758. The molecular weight excluding hydrogens is 227 g/mol. The molecule has 0 amide bonds. The van der Waals surface area contributed by atoms with E-state index in [0.29, 0.717) is 5.02 Å². The Bertz CT molecular complexity index is 363. The first-order chi connectivity index (χ1) is 6.54. The lowest BCUT2D eigenvalue weighted by Gasteiger charge is -2.06. The third-order valence-electron chi connectivity index (χ3n) is 1.51. The molecule has 0 heterocycles. The van der Waals surface area contributed by atoms with E-state index in [1.54, 1.807) is 6.92 Å². The highest BCUT2D eigenvalue weighted by Crippen LogP contribution is 2.36. The van der Waals surface area contributed by atoms with E-state index in [9.17, 15) is 9.90 Å². The lowest BCUT2D eigenvalue weighted by molar-refractivity contribution is -0.134. The minimum atomic E-state index is -0.460. The van der Waals surface area contributed by atoms with Gasteiger partial charge in [0.2, 0.25) is 0 Å². The van der Waals surface area contributed by atoms with Crippen molar-refractivity contribution in [1.29, 1.82) is 0 Å². The van der Waals surface area contributed by atoms with Gasteiger partial charge in [0.1, 0.15) is 0 Å². The smallest absolute Gasteiger partial charge is 0.311 e. The maximum atomic E-state index is 10.9. The zero-order valence-corrected chi connectivity index (χ0v) is 8.89. The molecule has 0 radical (unpaired) electrons. The molecule has 0 aliphatic rings. The highest BCUT2D eigenvalue weighted by atomic mass is 35.5. The third-order valence-corrected chi connectivity index (χ3v) is 2.01. The molecule has 0 saturated heterocycles. The topological polar surface area (TPSA) is 46.5 Å². The summed E-state index contributed by atoms with van der Waals surface area (Å²) in [6.45, 7) is 1.64. The van der Waals surface area contributed by atoms with Gasteiger partial charge in [0.15, 0.2) is 11.5 Å². The van der Waals surface area contributed by atoms with E-state index >= 15 is 0 Å². The van der Waals surface area contributed by atoms with Gasteiger partial charge in [-0.25, -0.2) is 0 Å². The molecule has 0 aromatic heterocycles. The molecule has 0 fully saturated rings. The summed E-state index contributed by atoms with van der Waals surface area (Å²) in [7, 11) is 0. The Labute approximate surface area is 91.2 Å². The first kappa shape index (κ1) is 11.1. The highest BCUT2D eigenvalue weighted by Gasteiger charge is 2.11. The number of esters is 1. The van der Waals surface area contributed by atoms with Crippen LogP contribution in [0.1, 0.15) is 13.3 Å². The Kier molecular flexibility index (Phi) is 3.61. The van der Waals surface area contributed by atoms with Crippen molar-refractivity contribution in [2.75, 3.05) is 0 Å². The lowest BCUT2D eigenvalue weighted by Crippen LogP contribution is -2.05. The van der Waals surface area contributed by atoms with E-state index in [-0.39, 0.29) is 22.9 Å². The average molecular weight is 235 g/mol.